The number of carbonyl (C=O) groups is 1. The molecule has 1 saturated heterocycles. The number of para-hydroxylation sites is 3. The lowest BCUT2D eigenvalue weighted by molar-refractivity contribution is -0.117. The van der Waals surface area contributed by atoms with E-state index in [1.807, 2.05) is 53.4 Å². The maximum atomic E-state index is 12.9. The van der Waals surface area contributed by atoms with Crippen molar-refractivity contribution in [2.45, 2.75) is 45.1 Å². The lowest BCUT2D eigenvalue weighted by Crippen LogP contribution is -2.24. The lowest BCUT2D eigenvalue weighted by atomic mass is 10.1. The number of imidazole rings is 1. The van der Waals surface area contributed by atoms with Gasteiger partial charge in [-0.25, -0.2) is 4.98 Å². The highest BCUT2D eigenvalue weighted by Crippen LogP contribution is 2.33. The van der Waals surface area contributed by atoms with E-state index < -0.39 is 0 Å². The Kier molecular flexibility index (Phi) is 6.61. The molecule has 3 aromatic carbocycles. The number of hydrogen-bond acceptors (Lipinski definition) is 3. The van der Waals surface area contributed by atoms with Crippen LogP contribution >= 0.6 is 0 Å². The maximum Gasteiger partial charge on any atom is 0.227 e. The summed E-state index contributed by atoms with van der Waals surface area (Å²) in [4.78, 5) is 19.8. The predicted molar refractivity (Wildman–Crippen MR) is 136 cm³/mol. The minimum Gasteiger partial charge on any atom is -0.494 e. The zero-order valence-electron chi connectivity index (χ0n) is 19.7. The lowest BCUT2D eigenvalue weighted by Gasteiger charge is -2.18. The first kappa shape index (κ1) is 22.2. The van der Waals surface area contributed by atoms with Crippen molar-refractivity contribution in [1.29, 1.82) is 0 Å². The second-order valence-corrected chi connectivity index (χ2v) is 9.08. The van der Waals surface area contributed by atoms with Gasteiger partial charge in [-0.2, -0.15) is 0 Å². The van der Waals surface area contributed by atoms with Crippen LogP contribution in [0.5, 0.6) is 5.75 Å². The largest absolute Gasteiger partial charge is 0.494 e. The molecule has 1 aromatic heterocycles. The van der Waals surface area contributed by atoms with Gasteiger partial charge in [0.15, 0.2) is 0 Å². The van der Waals surface area contributed by atoms with E-state index in [1.54, 1.807) is 0 Å². The number of aromatic nitrogens is 2. The summed E-state index contributed by atoms with van der Waals surface area (Å²) < 4.78 is 8.17. The molecule has 0 radical (unpaired) electrons. The Morgan fingerprint density at radius 2 is 1.76 bits per heavy atom. The Morgan fingerprint density at radius 1 is 0.941 bits per heavy atom. The number of unbranched alkanes of at least 4 members (excludes halogenated alkanes) is 2. The van der Waals surface area contributed by atoms with Crippen LogP contribution in [0.3, 0.4) is 0 Å². The number of ether oxygens (including phenoxy) is 1. The monoisotopic (exact) mass is 453 g/mol. The standard InChI is InChI=1S/C29H31N3O2/c1-22-11-10-12-24(19-22)32-21-23(20-28(32)33)29-30-26-15-6-7-16-27(26)31(29)17-8-3-9-18-34-25-13-4-2-5-14-25/h2,4-7,10-16,19,23H,3,8-9,17-18,20-21H2,1H3/t23-/m1/s1. The Hall–Kier alpha value is -3.60. The summed E-state index contributed by atoms with van der Waals surface area (Å²) in [5.74, 6) is 2.23. The second-order valence-electron chi connectivity index (χ2n) is 9.08. The van der Waals surface area contributed by atoms with Gasteiger partial charge in [0.1, 0.15) is 11.6 Å². The topological polar surface area (TPSA) is 47.4 Å². The Labute approximate surface area is 201 Å². The molecule has 0 saturated carbocycles. The van der Waals surface area contributed by atoms with Gasteiger partial charge in [-0.1, -0.05) is 42.5 Å². The van der Waals surface area contributed by atoms with Crippen molar-refractivity contribution in [2.75, 3.05) is 18.1 Å². The molecule has 1 atom stereocenters. The number of rotatable bonds is 9. The molecular weight excluding hydrogens is 422 g/mol. The average molecular weight is 454 g/mol. The molecule has 0 aliphatic carbocycles. The zero-order chi connectivity index (χ0) is 23.3. The fourth-order valence-corrected chi connectivity index (χ4v) is 4.82. The summed E-state index contributed by atoms with van der Waals surface area (Å²) in [5, 5.41) is 0. The molecule has 174 valence electrons. The summed E-state index contributed by atoms with van der Waals surface area (Å²) >= 11 is 0. The summed E-state index contributed by atoms with van der Waals surface area (Å²) in [6, 6.07) is 26.5. The molecule has 0 N–H and O–H groups in total. The smallest absolute Gasteiger partial charge is 0.227 e. The van der Waals surface area contributed by atoms with Crippen molar-refractivity contribution in [1.82, 2.24) is 9.55 Å². The molecule has 0 unspecified atom stereocenters. The number of nitrogens with zero attached hydrogens (tertiary/aromatic N) is 3. The molecule has 5 rings (SSSR count). The molecule has 5 nitrogen and oxygen atoms in total. The van der Waals surface area contributed by atoms with Crippen LogP contribution in [0.1, 0.15) is 43.0 Å². The molecule has 1 fully saturated rings. The molecule has 4 aromatic rings. The predicted octanol–water partition coefficient (Wildman–Crippen LogP) is 6.11. The van der Waals surface area contributed by atoms with Crippen LogP contribution in [-0.2, 0) is 11.3 Å². The summed E-state index contributed by atoms with van der Waals surface area (Å²) in [7, 11) is 0. The fourth-order valence-electron chi connectivity index (χ4n) is 4.82. The molecule has 1 aliphatic rings. The molecular formula is C29H31N3O2. The van der Waals surface area contributed by atoms with Crippen molar-refractivity contribution in [3.8, 4) is 5.75 Å². The molecule has 0 spiro atoms. The molecule has 2 heterocycles. The van der Waals surface area contributed by atoms with Crippen molar-refractivity contribution in [3.05, 3.63) is 90.3 Å². The van der Waals surface area contributed by atoms with Gasteiger partial charge in [-0.3, -0.25) is 4.79 Å². The number of fused-ring (bicyclic) bond motifs is 1. The van der Waals surface area contributed by atoms with Gasteiger partial charge in [0.25, 0.3) is 0 Å². The minimum atomic E-state index is 0.0989. The quantitative estimate of drug-likeness (QED) is 0.287. The zero-order valence-corrected chi connectivity index (χ0v) is 19.7. The third-order valence-electron chi connectivity index (χ3n) is 6.53. The van der Waals surface area contributed by atoms with Crippen LogP contribution in [0.15, 0.2) is 78.9 Å². The normalized spacial score (nSPS) is 15.9. The average Bonchev–Trinajstić information content (AvgIpc) is 3.42. The Balaban J connectivity index is 1.26. The van der Waals surface area contributed by atoms with Crippen LogP contribution in [-0.4, -0.2) is 28.6 Å². The SMILES string of the molecule is Cc1cccc(N2C[C@H](c3nc4ccccc4n3CCCCCOc3ccccc3)CC2=O)c1. The van der Waals surface area contributed by atoms with Gasteiger partial charge < -0.3 is 14.2 Å². The van der Waals surface area contributed by atoms with E-state index in [9.17, 15) is 4.79 Å². The van der Waals surface area contributed by atoms with E-state index in [0.29, 0.717) is 13.0 Å². The Bertz CT molecular complexity index is 1260. The highest BCUT2D eigenvalue weighted by Gasteiger charge is 2.34. The van der Waals surface area contributed by atoms with Crippen LogP contribution < -0.4 is 9.64 Å². The number of benzene rings is 3. The minimum absolute atomic E-state index is 0.0989. The first-order valence-electron chi connectivity index (χ1n) is 12.2. The Morgan fingerprint density at radius 3 is 2.62 bits per heavy atom. The van der Waals surface area contributed by atoms with Crippen LogP contribution in [0.25, 0.3) is 11.0 Å². The van der Waals surface area contributed by atoms with E-state index in [-0.39, 0.29) is 11.8 Å². The number of amides is 1. The van der Waals surface area contributed by atoms with Crippen molar-refractivity contribution in [2.24, 2.45) is 0 Å². The third-order valence-corrected chi connectivity index (χ3v) is 6.53. The fraction of sp³-hybridized carbons (Fsp3) is 0.310. The molecule has 1 aliphatic heterocycles. The van der Waals surface area contributed by atoms with Crippen molar-refractivity contribution >= 4 is 22.6 Å². The summed E-state index contributed by atoms with van der Waals surface area (Å²) in [5.41, 5.74) is 4.30. The summed E-state index contributed by atoms with van der Waals surface area (Å²) in [6.45, 7) is 4.36. The first-order valence-corrected chi connectivity index (χ1v) is 12.2. The van der Waals surface area contributed by atoms with Crippen molar-refractivity contribution in [3.63, 3.8) is 0 Å². The number of hydrogen-bond donors (Lipinski definition) is 0. The van der Waals surface area contributed by atoms with Crippen molar-refractivity contribution < 1.29 is 9.53 Å². The first-order chi connectivity index (χ1) is 16.7. The van der Waals surface area contributed by atoms with Gasteiger partial charge in [0.05, 0.1) is 17.6 Å². The second kappa shape index (κ2) is 10.1. The molecule has 34 heavy (non-hydrogen) atoms. The van der Waals surface area contributed by atoms with Gasteiger partial charge in [-0.15, -0.1) is 0 Å². The van der Waals surface area contributed by atoms with Crippen LogP contribution in [0.2, 0.25) is 0 Å². The number of aryl methyl sites for hydroxylation is 2. The number of carbonyl (C=O) groups excluding carboxylic acids is 1. The van der Waals surface area contributed by atoms with E-state index in [0.717, 1.165) is 66.3 Å². The molecule has 5 heteroatoms. The van der Waals surface area contributed by atoms with Gasteiger partial charge >= 0.3 is 0 Å². The third kappa shape index (κ3) is 4.84. The van der Waals surface area contributed by atoms with Crippen LogP contribution in [0.4, 0.5) is 5.69 Å². The van der Waals surface area contributed by atoms with E-state index in [1.165, 1.54) is 0 Å². The molecule has 1 amide bonds. The maximum absolute atomic E-state index is 12.9. The number of anilines is 1. The highest BCUT2D eigenvalue weighted by molar-refractivity contribution is 5.96. The van der Waals surface area contributed by atoms with E-state index >= 15 is 0 Å². The highest BCUT2D eigenvalue weighted by atomic mass is 16.5. The van der Waals surface area contributed by atoms with Gasteiger partial charge in [-0.05, 0) is 68.1 Å². The van der Waals surface area contributed by atoms with Gasteiger partial charge in [0, 0.05) is 31.1 Å². The van der Waals surface area contributed by atoms with Gasteiger partial charge in [0.2, 0.25) is 5.91 Å². The van der Waals surface area contributed by atoms with Crippen LogP contribution in [0, 0.1) is 6.92 Å². The summed E-state index contributed by atoms with van der Waals surface area (Å²) in [6.07, 6.45) is 3.65. The van der Waals surface area contributed by atoms with E-state index in [2.05, 4.69) is 41.8 Å². The molecule has 0 bridgehead atoms. The van der Waals surface area contributed by atoms with E-state index in [4.69, 9.17) is 9.72 Å².